The molecule has 27 heavy (non-hydrogen) atoms. The van der Waals surface area contributed by atoms with Crippen LogP contribution in [0.4, 0.5) is 5.69 Å². The molecule has 2 aromatic carbocycles. The molecule has 1 heterocycles. The minimum Gasteiger partial charge on any atom is -0.462 e. The number of aromatic nitrogens is 1. The standard InChI is InChI=1S/C21H20N2O4/c1-3-27-21(26)16-9-4-6-10-17(16)22-19(24)13-23-18-11-7-5-8-15(18)14(2)12-20(23)25/h4-12H,3,13H2,1-2H3,(H,22,24). The van der Waals surface area contributed by atoms with E-state index in [1.165, 1.54) is 10.6 Å². The third-order valence-corrected chi connectivity index (χ3v) is 4.22. The average molecular weight is 364 g/mol. The molecule has 0 bridgehead atoms. The number of para-hydroxylation sites is 2. The molecule has 1 amide bonds. The van der Waals surface area contributed by atoms with Crippen LogP contribution >= 0.6 is 0 Å². The van der Waals surface area contributed by atoms with Crippen molar-refractivity contribution >= 4 is 28.5 Å². The zero-order chi connectivity index (χ0) is 19.4. The summed E-state index contributed by atoms with van der Waals surface area (Å²) in [5.74, 6) is -0.908. The second-order valence-electron chi connectivity index (χ2n) is 6.08. The van der Waals surface area contributed by atoms with E-state index in [4.69, 9.17) is 4.74 Å². The normalized spacial score (nSPS) is 10.6. The third kappa shape index (κ3) is 3.89. The first-order valence-corrected chi connectivity index (χ1v) is 8.66. The summed E-state index contributed by atoms with van der Waals surface area (Å²) in [6, 6.07) is 15.6. The number of esters is 1. The van der Waals surface area contributed by atoms with E-state index in [9.17, 15) is 14.4 Å². The van der Waals surface area contributed by atoms with E-state index in [1.54, 1.807) is 31.2 Å². The molecule has 6 nitrogen and oxygen atoms in total. The number of aryl methyl sites for hydroxylation is 1. The maximum absolute atomic E-state index is 12.6. The molecule has 6 heteroatoms. The molecule has 0 unspecified atom stereocenters. The van der Waals surface area contributed by atoms with Gasteiger partial charge in [-0.3, -0.25) is 14.2 Å². The summed E-state index contributed by atoms with van der Waals surface area (Å²) in [4.78, 5) is 37.0. The molecule has 0 aliphatic rings. The highest BCUT2D eigenvalue weighted by atomic mass is 16.5. The zero-order valence-electron chi connectivity index (χ0n) is 15.2. The number of nitrogens with one attached hydrogen (secondary N) is 1. The van der Waals surface area contributed by atoms with E-state index in [-0.39, 0.29) is 24.3 Å². The number of hydrogen-bond donors (Lipinski definition) is 1. The number of hydrogen-bond acceptors (Lipinski definition) is 4. The number of anilines is 1. The Morgan fingerprint density at radius 1 is 1.07 bits per heavy atom. The highest BCUT2D eigenvalue weighted by molar-refractivity contribution is 6.01. The summed E-state index contributed by atoms with van der Waals surface area (Å²) in [5.41, 5.74) is 1.93. The number of carbonyl (C=O) groups excluding carboxylic acids is 2. The summed E-state index contributed by atoms with van der Waals surface area (Å²) in [6.07, 6.45) is 0. The third-order valence-electron chi connectivity index (χ3n) is 4.22. The van der Waals surface area contributed by atoms with Gasteiger partial charge in [0.1, 0.15) is 6.54 Å². The van der Waals surface area contributed by atoms with E-state index >= 15 is 0 Å². The van der Waals surface area contributed by atoms with E-state index in [0.717, 1.165) is 10.9 Å². The molecule has 1 N–H and O–H groups in total. The van der Waals surface area contributed by atoms with Crippen LogP contribution < -0.4 is 10.9 Å². The van der Waals surface area contributed by atoms with Crippen LogP contribution in [0.2, 0.25) is 0 Å². The lowest BCUT2D eigenvalue weighted by molar-refractivity contribution is -0.116. The van der Waals surface area contributed by atoms with Gasteiger partial charge < -0.3 is 10.1 Å². The van der Waals surface area contributed by atoms with Crippen molar-refractivity contribution < 1.29 is 14.3 Å². The Kier molecular flexibility index (Phi) is 5.35. The first-order valence-electron chi connectivity index (χ1n) is 8.66. The molecule has 0 spiro atoms. The quantitative estimate of drug-likeness (QED) is 0.706. The number of rotatable bonds is 5. The monoisotopic (exact) mass is 364 g/mol. The number of benzene rings is 2. The van der Waals surface area contributed by atoms with Gasteiger partial charge in [-0.15, -0.1) is 0 Å². The number of carbonyl (C=O) groups is 2. The smallest absolute Gasteiger partial charge is 0.340 e. The topological polar surface area (TPSA) is 77.4 Å². The van der Waals surface area contributed by atoms with Gasteiger partial charge in [0.2, 0.25) is 5.91 Å². The highest BCUT2D eigenvalue weighted by Gasteiger charge is 2.15. The minimum atomic E-state index is -0.508. The second-order valence-corrected chi connectivity index (χ2v) is 6.08. The summed E-state index contributed by atoms with van der Waals surface area (Å²) < 4.78 is 6.43. The van der Waals surface area contributed by atoms with Gasteiger partial charge in [0.05, 0.1) is 23.4 Å². The van der Waals surface area contributed by atoms with E-state index < -0.39 is 11.9 Å². The van der Waals surface area contributed by atoms with Crippen molar-refractivity contribution in [3.8, 4) is 0 Å². The largest absolute Gasteiger partial charge is 0.462 e. The van der Waals surface area contributed by atoms with Gasteiger partial charge in [-0.25, -0.2) is 4.79 Å². The fourth-order valence-corrected chi connectivity index (χ4v) is 2.98. The number of fused-ring (bicyclic) bond motifs is 1. The number of ether oxygens (including phenoxy) is 1. The Morgan fingerprint density at radius 3 is 2.56 bits per heavy atom. The van der Waals surface area contributed by atoms with Crippen molar-refractivity contribution in [1.82, 2.24) is 4.57 Å². The van der Waals surface area contributed by atoms with E-state index in [1.807, 2.05) is 31.2 Å². The van der Waals surface area contributed by atoms with Gasteiger partial charge in [0.15, 0.2) is 0 Å². The van der Waals surface area contributed by atoms with Gasteiger partial charge in [-0.1, -0.05) is 30.3 Å². The second kappa shape index (κ2) is 7.86. The molecule has 0 aliphatic heterocycles. The van der Waals surface area contributed by atoms with Crippen LogP contribution in [0.25, 0.3) is 10.9 Å². The Hall–Kier alpha value is -3.41. The first kappa shape index (κ1) is 18.4. The molecule has 0 fully saturated rings. The number of pyridine rings is 1. The van der Waals surface area contributed by atoms with Gasteiger partial charge in [0, 0.05) is 11.5 Å². The zero-order valence-corrected chi connectivity index (χ0v) is 15.2. The van der Waals surface area contributed by atoms with Gasteiger partial charge in [0.25, 0.3) is 5.56 Å². The van der Waals surface area contributed by atoms with Crippen molar-refractivity contribution in [3.63, 3.8) is 0 Å². The van der Waals surface area contributed by atoms with Crippen molar-refractivity contribution in [1.29, 1.82) is 0 Å². The molecule has 1 aromatic heterocycles. The molecule has 0 radical (unpaired) electrons. The van der Waals surface area contributed by atoms with Crippen molar-refractivity contribution in [2.24, 2.45) is 0 Å². The molecule has 3 rings (SSSR count). The number of amides is 1. The lowest BCUT2D eigenvalue weighted by Crippen LogP contribution is -2.28. The van der Waals surface area contributed by atoms with Gasteiger partial charge in [-0.2, -0.15) is 0 Å². The Morgan fingerprint density at radius 2 is 1.78 bits per heavy atom. The minimum absolute atomic E-state index is 0.156. The molecule has 0 atom stereocenters. The Labute approximate surface area is 156 Å². The molecular weight excluding hydrogens is 344 g/mol. The van der Waals surface area contributed by atoms with Crippen LogP contribution in [-0.4, -0.2) is 23.1 Å². The summed E-state index contributed by atoms with van der Waals surface area (Å²) >= 11 is 0. The van der Waals surface area contributed by atoms with Crippen molar-refractivity contribution in [3.05, 3.63) is 76.1 Å². The van der Waals surface area contributed by atoms with E-state index in [0.29, 0.717) is 11.2 Å². The fraction of sp³-hybridized carbons (Fsp3) is 0.190. The lowest BCUT2D eigenvalue weighted by Gasteiger charge is -2.13. The number of nitrogens with zero attached hydrogens (tertiary/aromatic N) is 1. The Balaban J connectivity index is 1.89. The van der Waals surface area contributed by atoms with E-state index in [2.05, 4.69) is 5.32 Å². The summed E-state index contributed by atoms with van der Waals surface area (Å²) in [6.45, 7) is 3.67. The van der Waals surface area contributed by atoms with Gasteiger partial charge in [-0.05, 0) is 37.6 Å². The fourth-order valence-electron chi connectivity index (χ4n) is 2.98. The van der Waals surface area contributed by atoms with Crippen molar-refractivity contribution in [2.75, 3.05) is 11.9 Å². The SMILES string of the molecule is CCOC(=O)c1ccccc1NC(=O)Cn1c(=O)cc(C)c2ccccc21. The van der Waals surface area contributed by atoms with Crippen LogP contribution in [0.15, 0.2) is 59.4 Å². The molecule has 3 aromatic rings. The first-order chi connectivity index (χ1) is 13.0. The predicted molar refractivity (Wildman–Crippen MR) is 104 cm³/mol. The van der Waals surface area contributed by atoms with Crippen LogP contribution in [0.5, 0.6) is 0 Å². The van der Waals surface area contributed by atoms with Crippen LogP contribution in [0.1, 0.15) is 22.8 Å². The Bertz CT molecular complexity index is 1070. The average Bonchev–Trinajstić information content (AvgIpc) is 2.66. The molecule has 138 valence electrons. The maximum atomic E-state index is 12.6. The maximum Gasteiger partial charge on any atom is 0.340 e. The molecule has 0 saturated carbocycles. The van der Waals surface area contributed by atoms with Crippen LogP contribution in [0, 0.1) is 6.92 Å². The molecule has 0 aliphatic carbocycles. The summed E-state index contributed by atoms with van der Waals surface area (Å²) in [7, 11) is 0. The highest BCUT2D eigenvalue weighted by Crippen LogP contribution is 2.18. The summed E-state index contributed by atoms with van der Waals surface area (Å²) in [5, 5.41) is 3.62. The molecular formula is C21H20N2O4. The van der Waals surface area contributed by atoms with Crippen LogP contribution in [-0.2, 0) is 16.1 Å². The van der Waals surface area contributed by atoms with Gasteiger partial charge >= 0.3 is 5.97 Å². The molecule has 0 saturated heterocycles. The lowest BCUT2D eigenvalue weighted by atomic mass is 10.1. The van der Waals surface area contributed by atoms with Crippen LogP contribution in [0.3, 0.4) is 0 Å². The van der Waals surface area contributed by atoms with Crippen molar-refractivity contribution in [2.45, 2.75) is 20.4 Å². The predicted octanol–water partition coefficient (Wildman–Crippen LogP) is 3.13.